The molecule has 0 radical (unpaired) electrons. The quantitative estimate of drug-likeness (QED) is 0.907. The summed E-state index contributed by atoms with van der Waals surface area (Å²) < 4.78 is 0.964. The van der Waals surface area contributed by atoms with Gasteiger partial charge in [-0.15, -0.1) is 0 Å². The molecule has 1 amide bonds. The smallest absolute Gasteiger partial charge is 0.251 e. The third kappa shape index (κ3) is 3.16. The Morgan fingerprint density at radius 3 is 3.19 bits per heavy atom. The molecule has 1 aromatic carbocycles. The minimum Gasteiger partial charge on any atom is -0.375 e. The minimum atomic E-state index is 0.0116. The van der Waals surface area contributed by atoms with Crippen molar-refractivity contribution in [3.8, 4) is 0 Å². The third-order valence-electron chi connectivity index (χ3n) is 3.82. The Balaban J connectivity index is 1.74. The summed E-state index contributed by atoms with van der Waals surface area (Å²) in [5, 5.41) is 4.29. The first-order valence-corrected chi connectivity index (χ1v) is 9.12. The van der Waals surface area contributed by atoms with Crippen LogP contribution in [-0.4, -0.2) is 27.9 Å². The van der Waals surface area contributed by atoms with E-state index in [1.165, 1.54) is 24.2 Å². The van der Waals surface area contributed by atoms with Crippen LogP contribution in [0.4, 0.5) is 5.13 Å². The molecule has 0 aliphatic heterocycles. The van der Waals surface area contributed by atoms with Gasteiger partial charge in [0.2, 0.25) is 0 Å². The standard InChI is InChI=1S/C15H19N3OS2/c1-2-20-12-5-3-4-10(12)17-14(19)9-6-7-11-13(8-9)21-15(16)18-11/h6-8,10,12H,2-5H2,1H3,(H2,16,18)(H,17,19). The molecule has 6 heteroatoms. The number of carbonyl (C=O) groups is 1. The monoisotopic (exact) mass is 321 g/mol. The van der Waals surface area contributed by atoms with Crippen LogP contribution in [0, 0.1) is 0 Å². The van der Waals surface area contributed by atoms with Gasteiger partial charge in [0.05, 0.1) is 10.2 Å². The summed E-state index contributed by atoms with van der Waals surface area (Å²) in [5.41, 5.74) is 7.25. The van der Waals surface area contributed by atoms with Gasteiger partial charge in [0, 0.05) is 16.9 Å². The van der Waals surface area contributed by atoms with E-state index < -0.39 is 0 Å². The number of hydrogen-bond donors (Lipinski definition) is 2. The van der Waals surface area contributed by atoms with Crippen molar-refractivity contribution in [2.75, 3.05) is 11.5 Å². The highest BCUT2D eigenvalue weighted by molar-refractivity contribution is 7.99. The van der Waals surface area contributed by atoms with E-state index in [1.54, 1.807) is 0 Å². The molecule has 3 rings (SSSR count). The lowest BCUT2D eigenvalue weighted by molar-refractivity contribution is 0.0939. The van der Waals surface area contributed by atoms with Gasteiger partial charge in [0.25, 0.3) is 5.91 Å². The van der Waals surface area contributed by atoms with E-state index in [0.29, 0.717) is 22.0 Å². The predicted octanol–water partition coefficient (Wildman–Crippen LogP) is 3.28. The zero-order chi connectivity index (χ0) is 14.8. The maximum Gasteiger partial charge on any atom is 0.251 e. The molecule has 0 saturated heterocycles. The van der Waals surface area contributed by atoms with Crippen molar-refractivity contribution in [3.05, 3.63) is 23.8 Å². The number of nitrogens with one attached hydrogen (secondary N) is 1. The van der Waals surface area contributed by atoms with E-state index in [-0.39, 0.29) is 5.91 Å². The molecule has 1 fully saturated rings. The molecule has 1 heterocycles. The molecule has 4 nitrogen and oxygen atoms in total. The Labute approximate surface area is 132 Å². The molecule has 112 valence electrons. The molecule has 1 aromatic heterocycles. The van der Waals surface area contributed by atoms with Crippen LogP contribution in [0.2, 0.25) is 0 Å². The van der Waals surface area contributed by atoms with Crippen LogP contribution in [0.25, 0.3) is 10.2 Å². The number of anilines is 1. The van der Waals surface area contributed by atoms with Gasteiger partial charge < -0.3 is 11.1 Å². The normalized spacial score (nSPS) is 21.8. The number of rotatable bonds is 4. The number of hydrogen-bond acceptors (Lipinski definition) is 5. The largest absolute Gasteiger partial charge is 0.375 e. The average molecular weight is 321 g/mol. The minimum absolute atomic E-state index is 0.0116. The summed E-state index contributed by atoms with van der Waals surface area (Å²) >= 11 is 3.37. The number of nitrogens with zero attached hydrogens (tertiary/aromatic N) is 1. The molecule has 1 saturated carbocycles. The lowest BCUT2D eigenvalue weighted by Crippen LogP contribution is -2.38. The molecule has 0 spiro atoms. The first-order valence-electron chi connectivity index (χ1n) is 7.26. The number of thiazole rings is 1. The first-order chi connectivity index (χ1) is 10.2. The summed E-state index contributed by atoms with van der Waals surface area (Å²) in [6.07, 6.45) is 3.49. The second kappa shape index (κ2) is 6.23. The predicted molar refractivity (Wildman–Crippen MR) is 91.1 cm³/mol. The lowest BCUT2D eigenvalue weighted by Gasteiger charge is -2.20. The number of benzene rings is 1. The van der Waals surface area contributed by atoms with E-state index >= 15 is 0 Å². The molecule has 2 atom stereocenters. The number of fused-ring (bicyclic) bond motifs is 1. The number of nitrogen functional groups attached to an aromatic ring is 1. The maximum absolute atomic E-state index is 12.4. The van der Waals surface area contributed by atoms with Crippen LogP contribution >= 0.6 is 23.1 Å². The zero-order valence-electron chi connectivity index (χ0n) is 12.0. The molecule has 2 aromatic rings. The highest BCUT2D eigenvalue weighted by Crippen LogP contribution is 2.30. The van der Waals surface area contributed by atoms with E-state index in [1.807, 2.05) is 30.0 Å². The second-order valence-corrected chi connectivity index (χ2v) is 7.82. The molecule has 21 heavy (non-hydrogen) atoms. The fraction of sp³-hybridized carbons (Fsp3) is 0.467. The Kier molecular flexibility index (Phi) is 4.35. The van der Waals surface area contributed by atoms with Crippen molar-refractivity contribution >= 4 is 44.4 Å². The topological polar surface area (TPSA) is 68.0 Å². The molecule has 1 aliphatic carbocycles. The summed E-state index contributed by atoms with van der Waals surface area (Å²) in [4.78, 5) is 16.6. The summed E-state index contributed by atoms with van der Waals surface area (Å²) in [5.74, 6) is 1.11. The van der Waals surface area contributed by atoms with Crippen molar-refractivity contribution in [3.63, 3.8) is 0 Å². The van der Waals surface area contributed by atoms with E-state index in [2.05, 4.69) is 17.2 Å². The van der Waals surface area contributed by atoms with Crippen LogP contribution in [0.1, 0.15) is 36.5 Å². The van der Waals surface area contributed by atoms with Crippen molar-refractivity contribution < 1.29 is 4.79 Å². The van der Waals surface area contributed by atoms with Crippen LogP contribution in [-0.2, 0) is 0 Å². The molecule has 2 unspecified atom stereocenters. The van der Waals surface area contributed by atoms with Gasteiger partial charge in [0.1, 0.15) is 0 Å². The summed E-state index contributed by atoms with van der Waals surface area (Å²) in [6.45, 7) is 2.17. The SMILES string of the molecule is CCSC1CCCC1NC(=O)c1ccc2nc(N)sc2c1. The first kappa shape index (κ1) is 14.7. The summed E-state index contributed by atoms with van der Waals surface area (Å²) in [7, 11) is 0. The maximum atomic E-state index is 12.4. The van der Waals surface area contributed by atoms with Gasteiger partial charge in [-0.3, -0.25) is 4.79 Å². The van der Waals surface area contributed by atoms with Crippen LogP contribution in [0.5, 0.6) is 0 Å². The molecule has 1 aliphatic rings. The molecule has 3 N–H and O–H groups in total. The van der Waals surface area contributed by atoms with Crippen LogP contribution in [0.3, 0.4) is 0 Å². The van der Waals surface area contributed by atoms with Gasteiger partial charge in [-0.1, -0.05) is 24.7 Å². The molecular weight excluding hydrogens is 302 g/mol. The van der Waals surface area contributed by atoms with Crippen molar-refractivity contribution in [1.82, 2.24) is 10.3 Å². The molecular formula is C15H19N3OS2. The number of nitrogens with two attached hydrogens (primary N) is 1. The van der Waals surface area contributed by atoms with Gasteiger partial charge in [-0.25, -0.2) is 4.98 Å². The third-order valence-corrected chi connectivity index (χ3v) is 5.99. The Morgan fingerprint density at radius 2 is 2.38 bits per heavy atom. The van der Waals surface area contributed by atoms with Gasteiger partial charge in [-0.2, -0.15) is 11.8 Å². The fourth-order valence-corrected chi connectivity index (χ4v) is 4.81. The second-order valence-electron chi connectivity index (χ2n) is 5.24. The van der Waals surface area contributed by atoms with Crippen LogP contribution in [0.15, 0.2) is 18.2 Å². The van der Waals surface area contributed by atoms with E-state index in [4.69, 9.17) is 5.73 Å². The summed E-state index contributed by atoms with van der Waals surface area (Å²) in [6, 6.07) is 5.87. The Hall–Kier alpha value is -1.27. The number of amides is 1. The van der Waals surface area contributed by atoms with E-state index in [0.717, 1.165) is 22.4 Å². The van der Waals surface area contributed by atoms with Gasteiger partial charge in [0.15, 0.2) is 5.13 Å². The van der Waals surface area contributed by atoms with E-state index in [9.17, 15) is 4.79 Å². The fourth-order valence-electron chi connectivity index (χ4n) is 2.84. The zero-order valence-corrected chi connectivity index (χ0v) is 13.6. The van der Waals surface area contributed by atoms with Crippen molar-refractivity contribution in [2.45, 2.75) is 37.5 Å². The van der Waals surface area contributed by atoms with Crippen LogP contribution < -0.4 is 11.1 Å². The number of thioether (sulfide) groups is 1. The highest BCUT2D eigenvalue weighted by Gasteiger charge is 2.28. The number of carbonyl (C=O) groups excluding carboxylic acids is 1. The van der Waals surface area contributed by atoms with Gasteiger partial charge >= 0.3 is 0 Å². The Morgan fingerprint density at radius 1 is 1.52 bits per heavy atom. The highest BCUT2D eigenvalue weighted by atomic mass is 32.2. The Bertz CT molecular complexity index is 655. The molecule has 0 bridgehead atoms. The lowest BCUT2D eigenvalue weighted by atomic mass is 10.1. The average Bonchev–Trinajstić information content (AvgIpc) is 3.04. The van der Waals surface area contributed by atoms with Crippen molar-refractivity contribution in [2.24, 2.45) is 0 Å². The van der Waals surface area contributed by atoms with Crippen molar-refractivity contribution in [1.29, 1.82) is 0 Å². The number of aromatic nitrogens is 1. The van der Waals surface area contributed by atoms with Gasteiger partial charge in [-0.05, 0) is 36.8 Å².